The van der Waals surface area contributed by atoms with Crippen molar-refractivity contribution in [3.05, 3.63) is 41.3 Å². The predicted octanol–water partition coefficient (Wildman–Crippen LogP) is 2.69. The van der Waals surface area contributed by atoms with Crippen LogP contribution >= 0.6 is 0 Å². The molecule has 106 valence electrons. The molecule has 0 fully saturated rings. The van der Waals surface area contributed by atoms with Crippen LogP contribution in [-0.2, 0) is 6.18 Å². The Balaban J connectivity index is 2.25. The molecular formula is C12H10F3N3O2. The Kier molecular flexibility index (Phi) is 3.39. The Bertz CT molecular complexity index is 650. The van der Waals surface area contributed by atoms with Gasteiger partial charge in [0.25, 0.3) is 5.91 Å². The molecular weight excluding hydrogens is 275 g/mol. The number of alkyl halides is 3. The van der Waals surface area contributed by atoms with Crippen molar-refractivity contribution < 1.29 is 23.1 Å². The van der Waals surface area contributed by atoms with Gasteiger partial charge in [0, 0.05) is 0 Å². The van der Waals surface area contributed by atoms with Gasteiger partial charge >= 0.3 is 6.18 Å². The number of aryl methyl sites for hydroxylation is 1. The lowest BCUT2D eigenvalue weighted by Gasteiger charge is -2.05. The smallest absolute Gasteiger partial charge is 0.449 e. The number of benzene rings is 1. The first-order valence-corrected chi connectivity index (χ1v) is 5.52. The summed E-state index contributed by atoms with van der Waals surface area (Å²) in [7, 11) is 0. The number of halogens is 3. The van der Waals surface area contributed by atoms with Crippen LogP contribution in [0.15, 0.2) is 24.3 Å². The highest BCUT2D eigenvalue weighted by Gasteiger charge is 2.35. The van der Waals surface area contributed by atoms with Crippen molar-refractivity contribution in [2.45, 2.75) is 13.1 Å². The number of nitrogens with one attached hydrogen (secondary N) is 2. The lowest BCUT2D eigenvalue weighted by Crippen LogP contribution is -2.13. The van der Waals surface area contributed by atoms with E-state index in [1.54, 1.807) is 0 Å². The number of amides is 1. The number of hydrogen-bond donors (Lipinski definition) is 3. The summed E-state index contributed by atoms with van der Waals surface area (Å²) in [6.07, 6.45) is -4.62. The zero-order chi connectivity index (χ0) is 14.9. The van der Waals surface area contributed by atoms with Crippen LogP contribution in [-0.4, -0.2) is 21.0 Å². The Labute approximate surface area is 111 Å². The molecule has 20 heavy (non-hydrogen) atoms. The van der Waals surface area contributed by atoms with E-state index < -0.39 is 17.9 Å². The zero-order valence-corrected chi connectivity index (χ0v) is 10.2. The third-order valence-electron chi connectivity index (χ3n) is 2.54. The van der Waals surface area contributed by atoms with Crippen molar-refractivity contribution in [2.24, 2.45) is 0 Å². The molecule has 8 heteroatoms. The molecule has 0 aliphatic carbocycles. The minimum Gasteiger partial charge on any atom is -0.507 e. The number of aromatic amines is 1. The minimum absolute atomic E-state index is 0.00101. The van der Waals surface area contributed by atoms with Gasteiger partial charge in [-0.2, -0.15) is 13.2 Å². The number of anilines is 1. The Morgan fingerprint density at radius 1 is 1.35 bits per heavy atom. The molecule has 0 bridgehead atoms. The molecule has 1 amide bonds. The second-order valence-corrected chi connectivity index (χ2v) is 4.01. The van der Waals surface area contributed by atoms with Crippen LogP contribution in [0.2, 0.25) is 0 Å². The fourth-order valence-corrected chi connectivity index (χ4v) is 1.56. The highest BCUT2D eigenvalue weighted by molar-refractivity contribution is 6.05. The normalized spacial score (nSPS) is 11.4. The highest BCUT2D eigenvalue weighted by atomic mass is 19.4. The maximum atomic E-state index is 12.5. The molecule has 0 atom stereocenters. The molecule has 0 saturated carbocycles. The molecule has 1 aromatic carbocycles. The van der Waals surface area contributed by atoms with Crippen LogP contribution in [0, 0.1) is 6.92 Å². The van der Waals surface area contributed by atoms with Gasteiger partial charge < -0.3 is 15.4 Å². The van der Waals surface area contributed by atoms with E-state index in [2.05, 4.69) is 10.3 Å². The molecule has 0 spiro atoms. The van der Waals surface area contributed by atoms with E-state index in [1.807, 2.05) is 4.98 Å². The summed E-state index contributed by atoms with van der Waals surface area (Å²) in [5.41, 5.74) is -0.0452. The van der Waals surface area contributed by atoms with Crippen LogP contribution in [0.3, 0.4) is 0 Å². The number of para-hydroxylation sites is 1. The van der Waals surface area contributed by atoms with Crippen LogP contribution in [0.4, 0.5) is 19.0 Å². The first kappa shape index (κ1) is 13.9. The van der Waals surface area contributed by atoms with E-state index in [0.717, 1.165) is 0 Å². The van der Waals surface area contributed by atoms with Crippen LogP contribution < -0.4 is 5.32 Å². The molecule has 1 aromatic heterocycles. The van der Waals surface area contributed by atoms with E-state index in [4.69, 9.17) is 0 Å². The molecule has 3 N–H and O–H groups in total. The van der Waals surface area contributed by atoms with Gasteiger partial charge in [-0.15, -0.1) is 0 Å². The monoisotopic (exact) mass is 285 g/mol. The van der Waals surface area contributed by atoms with Crippen LogP contribution in [0.1, 0.15) is 21.9 Å². The first-order chi connectivity index (χ1) is 9.29. The second kappa shape index (κ2) is 4.87. The average molecular weight is 285 g/mol. The molecule has 5 nitrogen and oxygen atoms in total. The van der Waals surface area contributed by atoms with Gasteiger partial charge in [-0.05, 0) is 19.1 Å². The second-order valence-electron chi connectivity index (χ2n) is 4.01. The molecule has 2 aromatic rings. The maximum absolute atomic E-state index is 12.5. The number of nitrogens with zero attached hydrogens (tertiary/aromatic N) is 1. The molecule has 0 aliphatic rings. The number of phenolic OH excluding ortho intramolecular Hbond substituents is 1. The Morgan fingerprint density at radius 2 is 2.00 bits per heavy atom. The summed E-state index contributed by atoms with van der Waals surface area (Å²) in [5.74, 6) is -2.35. The number of phenols is 1. The summed E-state index contributed by atoms with van der Waals surface area (Å²) in [6.45, 7) is 1.33. The fraction of sp³-hybridized carbons (Fsp3) is 0.167. The van der Waals surface area contributed by atoms with Gasteiger partial charge in [-0.25, -0.2) is 4.98 Å². The molecule has 0 radical (unpaired) electrons. The summed E-state index contributed by atoms with van der Waals surface area (Å²) in [4.78, 5) is 17.1. The summed E-state index contributed by atoms with van der Waals surface area (Å²) in [6, 6.07) is 5.70. The summed E-state index contributed by atoms with van der Waals surface area (Å²) >= 11 is 0. The number of rotatable bonds is 2. The van der Waals surface area contributed by atoms with E-state index in [9.17, 15) is 23.1 Å². The molecule has 0 aliphatic heterocycles. The first-order valence-electron chi connectivity index (χ1n) is 5.52. The molecule has 2 rings (SSSR count). The lowest BCUT2D eigenvalue weighted by atomic mass is 10.2. The van der Waals surface area contributed by atoms with E-state index in [0.29, 0.717) is 0 Å². The number of aromatic hydroxyl groups is 1. The zero-order valence-electron chi connectivity index (χ0n) is 10.2. The minimum atomic E-state index is -4.62. The summed E-state index contributed by atoms with van der Waals surface area (Å²) in [5, 5.41) is 11.7. The number of imidazole rings is 1. The number of hydrogen-bond acceptors (Lipinski definition) is 3. The van der Waals surface area contributed by atoms with Crippen molar-refractivity contribution in [1.82, 2.24) is 9.97 Å². The van der Waals surface area contributed by atoms with Crippen molar-refractivity contribution in [1.29, 1.82) is 0 Å². The Morgan fingerprint density at radius 3 is 2.55 bits per heavy atom. The van der Waals surface area contributed by atoms with Gasteiger partial charge in [0.15, 0.2) is 0 Å². The number of carbonyl (C=O) groups excluding carboxylic acids is 1. The highest BCUT2D eigenvalue weighted by Crippen LogP contribution is 2.29. The van der Waals surface area contributed by atoms with Crippen molar-refractivity contribution in [3.8, 4) is 5.75 Å². The standard InChI is InChI=1S/C12H10F3N3O2/c1-6-9(18-11(16-6)12(13,14)15)17-10(20)7-4-2-3-5-8(7)19/h2-5,19H,1H3,(H,16,18)(H,17,20). The number of H-pyrrole nitrogens is 1. The van der Waals surface area contributed by atoms with Gasteiger partial charge in [-0.1, -0.05) is 12.1 Å². The lowest BCUT2D eigenvalue weighted by molar-refractivity contribution is -0.144. The SMILES string of the molecule is Cc1nc(C(F)(F)F)[nH]c1NC(=O)c1ccccc1O. The van der Waals surface area contributed by atoms with E-state index >= 15 is 0 Å². The van der Waals surface area contributed by atoms with Gasteiger partial charge in [0.1, 0.15) is 11.6 Å². The van der Waals surface area contributed by atoms with Gasteiger partial charge in [-0.3, -0.25) is 4.79 Å². The molecule has 0 saturated heterocycles. The van der Waals surface area contributed by atoms with Crippen molar-refractivity contribution >= 4 is 11.7 Å². The van der Waals surface area contributed by atoms with Crippen molar-refractivity contribution in [2.75, 3.05) is 5.32 Å². The number of carbonyl (C=O) groups is 1. The van der Waals surface area contributed by atoms with Crippen LogP contribution in [0.5, 0.6) is 5.75 Å². The molecule has 0 unspecified atom stereocenters. The van der Waals surface area contributed by atoms with E-state index in [1.165, 1.54) is 31.2 Å². The van der Waals surface area contributed by atoms with Crippen LogP contribution in [0.25, 0.3) is 0 Å². The third-order valence-corrected chi connectivity index (χ3v) is 2.54. The third kappa shape index (κ3) is 2.73. The quantitative estimate of drug-likeness (QED) is 0.793. The topological polar surface area (TPSA) is 78.0 Å². The van der Waals surface area contributed by atoms with Gasteiger partial charge in [0.2, 0.25) is 5.82 Å². The largest absolute Gasteiger partial charge is 0.507 e. The van der Waals surface area contributed by atoms with Crippen molar-refractivity contribution in [3.63, 3.8) is 0 Å². The Hall–Kier alpha value is -2.51. The summed E-state index contributed by atoms with van der Waals surface area (Å²) < 4.78 is 37.4. The number of aromatic nitrogens is 2. The molecule has 1 heterocycles. The van der Waals surface area contributed by atoms with E-state index in [-0.39, 0.29) is 22.8 Å². The van der Waals surface area contributed by atoms with Gasteiger partial charge in [0.05, 0.1) is 11.3 Å². The average Bonchev–Trinajstić information content (AvgIpc) is 2.71. The predicted molar refractivity (Wildman–Crippen MR) is 64.4 cm³/mol. The fourth-order valence-electron chi connectivity index (χ4n) is 1.56. The maximum Gasteiger partial charge on any atom is 0.449 e.